The second-order valence-electron chi connectivity index (χ2n) is 3.37. The van der Waals surface area contributed by atoms with Gasteiger partial charge in [-0.3, -0.25) is 0 Å². The van der Waals surface area contributed by atoms with Crippen molar-refractivity contribution in [1.29, 1.82) is 0 Å². The van der Waals surface area contributed by atoms with E-state index in [4.69, 9.17) is 34.9 Å². The van der Waals surface area contributed by atoms with Gasteiger partial charge in [-0.2, -0.15) is 0 Å². The van der Waals surface area contributed by atoms with E-state index in [1.807, 2.05) is 0 Å². The van der Waals surface area contributed by atoms with Gasteiger partial charge in [-0.15, -0.1) is 0 Å². The van der Waals surface area contributed by atoms with Crippen molar-refractivity contribution in [2.24, 2.45) is 0 Å². The molecule has 4 nitrogen and oxygen atoms in total. The Labute approximate surface area is 87.1 Å². The van der Waals surface area contributed by atoms with Gasteiger partial charge in [0.2, 0.25) is 0 Å². The van der Waals surface area contributed by atoms with Crippen LogP contribution in [0, 0.1) is 0 Å². The van der Waals surface area contributed by atoms with Gasteiger partial charge in [-0.1, -0.05) is 0 Å². The number of ether oxygens (including phenoxy) is 2. The summed E-state index contributed by atoms with van der Waals surface area (Å²) in [6.07, 6.45) is 0.702. The summed E-state index contributed by atoms with van der Waals surface area (Å²) in [6, 6.07) is 0. The quantitative estimate of drug-likeness (QED) is 0.580. The Hall–Kier alpha value is -0.0301. The van der Waals surface area contributed by atoms with Gasteiger partial charge in [-0.05, 0) is 0 Å². The van der Waals surface area contributed by atoms with Crippen LogP contribution < -0.4 is 0 Å². The molecule has 0 N–H and O–H groups in total. The topological polar surface area (TPSA) is 36.9 Å². The van der Waals surface area contributed by atoms with Crippen molar-refractivity contribution in [2.45, 2.75) is 37.3 Å². The third kappa shape index (κ3) is 2.51. The molecule has 14 heavy (non-hydrogen) atoms. The minimum Gasteiger partial charge on any atom is -0.442 e. The fourth-order valence-corrected chi connectivity index (χ4v) is 1.85. The van der Waals surface area contributed by atoms with Crippen LogP contribution in [0.2, 0.25) is 0 Å². The van der Waals surface area contributed by atoms with E-state index in [2.05, 4.69) is 0 Å². The lowest BCUT2D eigenvalue weighted by Crippen LogP contribution is -2.48. The fourth-order valence-electron chi connectivity index (χ4n) is 1.85. The highest BCUT2D eigenvalue weighted by atomic mass is 16.5. The summed E-state index contributed by atoms with van der Waals surface area (Å²) < 4.78 is 20.1. The molecule has 0 saturated heterocycles. The van der Waals surface area contributed by atoms with Crippen molar-refractivity contribution in [1.82, 2.24) is 0 Å². The Morgan fingerprint density at radius 3 is 1.36 bits per heavy atom. The van der Waals surface area contributed by atoms with Crippen LogP contribution in [0.15, 0.2) is 0 Å². The first-order chi connectivity index (χ1) is 6.76. The summed E-state index contributed by atoms with van der Waals surface area (Å²) in [7, 11) is 13.5. The van der Waals surface area contributed by atoms with Crippen LogP contribution >= 0.6 is 0 Å². The molecule has 0 aromatic carbocycles. The van der Waals surface area contributed by atoms with E-state index in [9.17, 15) is 0 Å². The summed E-state index contributed by atoms with van der Waals surface area (Å²) in [5.74, 6) is 0. The van der Waals surface area contributed by atoms with Crippen molar-refractivity contribution in [3.05, 3.63) is 0 Å². The van der Waals surface area contributed by atoms with Crippen LogP contribution in [0.1, 0.15) is 12.8 Å². The molecule has 4 unspecified atom stereocenters. The van der Waals surface area contributed by atoms with E-state index in [0.29, 0.717) is 12.8 Å². The van der Waals surface area contributed by atoms with Crippen molar-refractivity contribution >= 4 is 16.1 Å². The lowest BCUT2D eigenvalue weighted by atomic mass is 9.88. The number of methoxy groups -OCH3 is 2. The van der Waals surface area contributed by atoms with Crippen LogP contribution in [0.4, 0.5) is 0 Å². The summed E-state index contributed by atoms with van der Waals surface area (Å²) in [5.41, 5.74) is 0. The summed E-state index contributed by atoms with van der Waals surface area (Å²) >= 11 is 0. The molecule has 1 aliphatic carbocycles. The maximum Gasteiger partial charge on any atom is 0.283 e. The largest absolute Gasteiger partial charge is 0.442 e. The molecule has 0 aliphatic heterocycles. The van der Waals surface area contributed by atoms with Gasteiger partial charge in [0.05, 0.1) is 24.4 Å². The van der Waals surface area contributed by atoms with Crippen LogP contribution in [-0.2, 0) is 18.8 Å². The van der Waals surface area contributed by atoms with Gasteiger partial charge in [0.15, 0.2) is 0 Å². The first kappa shape index (κ1) is 12.0. The van der Waals surface area contributed by atoms with E-state index in [1.54, 1.807) is 14.2 Å². The predicted octanol–water partition coefficient (Wildman–Crippen LogP) is -0.252. The molecule has 1 aliphatic rings. The zero-order valence-corrected chi connectivity index (χ0v) is 8.51. The Bertz CT molecular complexity index is 135. The van der Waals surface area contributed by atoms with Crippen LogP contribution in [0.25, 0.3) is 0 Å². The minimum atomic E-state index is -0.239. The molecule has 1 saturated carbocycles. The molecule has 1 fully saturated rings. The maximum absolute atomic E-state index is 5.26. The van der Waals surface area contributed by atoms with Gasteiger partial charge >= 0.3 is 0 Å². The normalized spacial score (nSPS) is 38.4. The van der Waals surface area contributed by atoms with E-state index < -0.39 is 0 Å². The second kappa shape index (κ2) is 5.75. The molecule has 0 spiro atoms. The van der Waals surface area contributed by atoms with E-state index in [1.165, 1.54) is 0 Å². The Kier molecular flexibility index (Phi) is 4.95. The van der Waals surface area contributed by atoms with Crippen LogP contribution in [0.3, 0.4) is 0 Å². The first-order valence-corrected chi connectivity index (χ1v) is 4.53. The summed E-state index contributed by atoms with van der Waals surface area (Å²) in [5, 5.41) is 0. The van der Waals surface area contributed by atoms with Gasteiger partial charge < -0.3 is 18.8 Å². The zero-order valence-electron chi connectivity index (χ0n) is 8.51. The highest BCUT2D eigenvalue weighted by Gasteiger charge is 2.37. The third-order valence-corrected chi connectivity index (χ3v) is 2.71. The lowest BCUT2D eigenvalue weighted by molar-refractivity contribution is -0.116. The number of hydrogen-bond acceptors (Lipinski definition) is 4. The van der Waals surface area contributed by atoms with E-state index in [0.717, 1.165) is 0 Å². The molecule has 4 atom stereocenters. The van der Waals surface area contributed by atoms with Gasteiger partial charge in [0, 0.05) is 27.1 Å². The molecular formula is C8H14B2O4. The number of rotatable bonds is 4. The summed E-state index contributed by atoms with van der Waals surface area (Å²) in [4.78, 5) is 0. The van der Waals surface area contributed by atoms with Crippen LogP contribution in [0.5, 0.6) is 0 Å². The molecule has 0 aromatic rings. The standard InChI is InChI=1S/C8H14B2O4/c1-11-5-3-7(13-9)8(14-10)4-6(5)12-2/h5-8H,3-4H2,1-2H3. The average Bonchev–Trinajstić information content (AvgIpc) is 2.26. The third-order valence-electron chi connectivity index (χ3n) is 2.71. The van der Waals surface area contributed by atoms with Crippen molar-refractivity contribution in [3.8, 4) is 0 Å². The van der Waals surface area contributed by atoms with Gasteiger partial charge in [0.25, 0.3) is 16.1 Å². The lowest BCUT2D eigenvalue weighted by Gasteiger charge is -2.39. The molecule has 0 heterocycles. The van der Waals surface area contributed by atoms with Gasteiger partial charge in [0.1, 0.15) is 0 Å². The molecule has 76 valence electrons. The van der Waals surface area contributed by atoms with E-state index in [-0.39, 0.29) is 24.4 Å². The van der Waals surface area contributed by atoms with Crippen molar-refractivity contribution < 1.29 is 18.8 Å². The monoisotopic (exact) mass is 196 g/mol. The molecule has 0 bridgehead atoms. The van der Waals surface area contributed by atoms with E-state index >= 15 is 0 Å². The fraction of sp³-hybridized carbons (Fsp3) is 1.00. The highest BCUT2D eigenvalue weighted by molar-refractivity contribution is 5.98. The van der Waals surface area contributed by atoms with Crippen LogP contribution in [-0.4, -0.2) is 54.7 Å². The zero-order chi connectivity index (χ0) is 10.6. The Morgan fingerprint density at radius 2 is 1.14 bits per heavy atom. The average molecular weight is 196 g/mol. The van der Waals surface area contributed by atoms with Crippen molar-refractivity contribution in [2.75, 3.05) is 14.2 Å². The minimum absolute atomic E-state index is 0.0278. The SMILES string of the molecule is [B]OC1CC(OC)C(OC)CC1O[B]. The van der Waals surface area contributed by atoms with Crippen molar-refractivity contribution in [3.63, 3.8) is 0 Å². The molecule has 1 rings (SSSR count). The predicted molar refractivity (Wildman–Crippen MR) is 52.1 cm³/mol. The smallest absolute Gasteiger partial charge is 0.283 e. The molecule has 0 amide bonds. The molecular weight excluding hydrogens is 182 g/mol. The summed E-state index contributed by atoms with van der Waals surface area (Å²) in [6.45, 7) is 0. The maximum atomic E-state index is 5.26. The molecule has 6 heteroatoms. The molecule has 0 aromatic heterocycles. The van der Waals surface area contributed by atoms with Gasteiger partial charge in [-0.25, -0.2) is 0 Å². The highest BCUT2D eigenvalue weighted by Crippen LogP contribution is 2.27. The molecule has 4 radical (unpaired) electrons. The second-order valence-corrected chi connectivity index (χ2v) is 3.37. The Balaban J connectivity index is 2.59. The first-order valence-electron chi connectivity index (χ1n) is 4.53. The Morgan fingerprint density at radius 1 is 0.786 bits per heavy atom. The number of hydrogen-bond donors (Lipinski definition) is 0.